The molecule has 0 saturated heterocycles. The quantitative estimate of drug-likeness (QED) is 0.621. The first kappa shape index (κ1) is 18.9. The van der Waals surface area contributed by atoms with Crippen molar-refractivity contribution in [2.24, 2.45) is 12.0 Å². The van der Waals surface area contributed by atoms with Gasteiger partial charge in [0, 0.05) is 39.1 Å². The molecule has 1 heterocycles. The summed E-state index contributed by atoms with van der Waals surface area (Å²) in [6, 6.07) is 10.5. The Balaban J connectivity index is 2.04. The van der Waals surface area contributed by atoms with Gasteiger partial charge >= 0.3 is 0 Å². The van der Waals surface area contributed by atoms with E-state index in [2.05, 4.69) is 73.2 Å². The van der Waals surface area contributed by atoms with Crippen LogP contribution in [0.1, 0.15) is 23.7 Å². The number of aliphatic imine (C=N–C) groups is 1. The summed E-state index contributed by atoms with van der Waals surface area (Å²) in [7, 11) is 5.86. The number of hydrogen-bond donors (Lipinski definition) is 1. The number of nitrogens with one attached hydrogen (secondary N) is 1. The molecular weight excluding hydrogens is 312 g/mol. The normalized spacial score (nSPS) is 11.5. The van der Waals surface area contributed by atoms with Crippen LogP contribution in [0.15, 0.2) is 41.5 Å². The average molecular weight is 342 g/mol. The summed E-state index contributed by atoms with van der Waals surface area (Å²) in [6.45, 7) is 6.59. The minimum atomic E-state index is 0.722. The fraction of sp³-hybridized carbons (Fsp3) is 0.450. The van der Waals surface area contributed by atoms with Gasteiger partial charge in [0.25, 0.3) is 0 Å². The van der Waals surface area contributed by atoms with Crippen molar-refractivity contribution in [2.45, 2.75) is 26.8 Å². The average Bonchev–Trinajstić information content (AvgIpc) is 2.99. The van der Waals surface area contributed by atoms with Crippen LogP contribution in [0.4, 0.5) is 0 Å². The first-order valence-corrected chi connectivity index (χ1v) is 8.78. The number of methoxy groups -OCH3 is 1. The van der Waals surface area contributed by atoms with Crippen LogP contribution in [0, 0.1) is 6.92 Å². The van der Waals surface area contributed by atoms with E-state index in [9.17, 15) is 0 Å². The highest BCUT2D eigenvalue weighted by Gasteiger charge is 2.09. The standard InChI is InChI=1S/C20H30N4O/c1-6-21-20(24(4)15-18-8-7-13-23(18)3)22-12-11-17-14-16(2)9-10-19(17)25-5/h7-10,13-14H,6,11-12,15H2,1-5H3,(H,21,22). The van der Waals surface area contributed by atoms with Crippen molar-refractivity contribution in [3.05, 3.63) is 53.3 Å². The molecule has 0 radical (unpaired) electrons. The van der Waals surface area contributed by atoms with E-state index >= 15 is 0 Å². The number of aromatic nitrogens is 1. The zero-order valence-electron chi connectivity index (χ0n) is 16.0. The number of aryl methyl sites for hydroxylation is 2. The second-order valence-corrected chi connectivity index (χ2v) is 6.27. The van der Waals surface area contributed by atoms with E-state index in [0.717, 1.165) is 37.8 Å². The highest BCUT2D eigenvalue weighted by molar-refractivity contribution is 5.79. The molecule has 0 aliphatic carbocycles. The smallest absolute Gasteiger partial charge is 0.194 e. The Bertz CT molecular complexity index is 705. The summed E-state index contributed by atoms with van der Waals surface area (Å²) in [5, 5.41) is 3.38. The van der Waals surface area contributed by atoms with Gasteiger partial charge in [-0.25, -0.2) is 0 Å². The molecule has 0 aliphatic heterocycles. The van der Waals surface area contributed by atoms with Crippen LogP contribution in [0.2, 0.25) is 0 Å². The monoisotopic (exact) mass is 342 g/mol. The van der Waals surface area contributed by atoms with Crippen molar-refractivity contribution in [3.8, 4) is 5.75 Å². The Morgan fingerprint density at radius 3 is 2.76 bits per heavy atom. The fourth-order valence-corrected chi connectivity index (χ4v) is 2.83. The van der Waals surface area contributed by atoms with Gasteiger partial charge in [-0.3, -0.25) is 4.99 Å². The number of hydrogen-bond acceptors (Lipinski definition) is 2. The maximum absolute atomic E-state index is 5.46. The minimum Gasteiger partial charge on any atom is -0.496 e. The summed E-state index contributed by atoms with van der Waals surface area (Å²) in [5.41, 5.74) is 3.70. The van der Waals surface area contributed by atoms with Crippen molar-refractivity contribution in [1.82, 2.24) is 14.8 Å². The summed E-state index contributed by atoms with van der Waals surface area (Å²) >= 11 is 0. The molecule has 136 valence electrons. The molecule has 0 bridgehead atoms. The third-order valence-corrected chi connectivity index (χ3v) is 4.23. The Kier molecular flexibility index (Phi) is 6.92. The lowest BCUT2D eigenvalue weighted by atomic mass is 10.1. The molecule has 0 saturated carbocycles. The molecule has 5 heteroatoms. The van der Waals surface area contributed by atoms with Crippen LogP contribution in [0.3, 0.4) is 0 Å². The van der Waals surface area contributed by atoms with E-state index in [1.807, 2.05) is 6.07 Å². The van der Waals surface area contributed by atoms with Crippen LogP contribution in [0.25, 0.3) is 0 Å². The third-order valence-electron chi connectivity index (χ3n) is 4.23. The predicted octanol–water partition coefficient (Wildman–Crippen LogP) is 2.98. The van der Waals surface area contributed by atoms with Crippen LogP contribution in [-0.2, 0) is 20.0 Å². The number of guanidine groups is 1. The summed E-state index contributed by atoms with van der Waals surface area (Å²) in [6.07, 6.45) is 2.93. The van der Waals surface area contributed by atoms with Crippen molar-refractivity contribution in [3.63, 3.8) is 0 Å². The van der Waals surface area contributed by atoms with E-state index in [4.69, 9.17) is 9.73 Å². The van der Waals surface area contributed by atoms with Crippen LogP contribution in [0.5, 0.6) is 5.75 Å². The summed E-state index contributed by atoms with van der Waals surface area (Å²) in [4.78, 5) is 6.95. The molecule has 1 N–H and O–H groups in total. The Hall–Kier alpha value is -2.43. The fourth-order valence-electron chi connectivity index (χ4n) is 2.83. The maximum atomic E-state index is 5.46. The first-order chi connectivity index (χ1) is 12.0. The van der Waals surface area contributed by atoms with E-state index in [-0.39, 0.29) is 0 Å². The zero-order chi connectivity index (χ0) is 18.2. The van der Waals surface area contributed by atoms with Crippen molar-refractivity contribution >= 4 is 5.96 Å². The minimum absolute atomic E-state index is 0.722. The summed E-state index contributed by atoms with van der Waals surface area (Å²) < 4.78 is 7.60. The SMILES string of the molecule is CCNC(=NCCc1cc(C)ccc1OC)N(C)Cc1cccn1C. The maximum Gasteiger partial charge on any atom is 0.194 e. The zero-order valence-corrected chi connectivity index (χ0v) is 16.0. The second kappa shape index (κ2) is 9.16. The molecule has 0 atom stereocenters. The molecule has 25 heavy (non-hydrogen) atoms. The molecule has 0 unspecified atom stereocenters. The van der Waals surface area contributed by atoms with E-state index in [1.54, 1.807) is 7.11 Å². The van der Waals surface area contributed by atoms with Gasteiger partial charge in [0.2, 0.25) is 0 Å². The molecule has 1 aromatic carbocycles. The van der Waals surface area contributed by atoms with E-state index < -0.39 is 0 Å². The van der Waals surface area contributed by atoms with Gasteiger partial charge in [-0.1, -0.05) is 17.7 Å². The largest absolute Gasteiger partial charge is 0.496 e. The van der Waals surface area contributed by atoms with Gasteiger partial charge in [-0.05, 0) is 44.0 Å². The van der Waals surface area contributed by atoms with E-state index in [1.165, 1.54) is 16.8 Å². The number of nitrogens with zero attached hydrogens (tertiary/aromatic N) is 3. The van der Waals surface area contributed by atoms with Gasteiger partial charge in [-0.15, -0.1) is 0 Å². The van der Waals surface area contributed by atoms with Gasteiger partial charge in [0.1, 0.15) is 5.75 Å². The Labute approximate surface area is 151 Å². The Morgan fingerprint density at radius 2 is 2.12 bits per heavy atom. The molecule has 5 nitrogen and oxygen atoms in total. The number of rotatable bonds is 7. The first-order valence-electron chi connectivity index (χ1n) is 8.78. The highest BCUT2D eigenvalue weighted by atomic mass is 16.5. The second-order valence-electron chi connectivity index (χ2n) is 6.27. The van der Waals surface area contributed by atoms with Gasteiger partial charge in [0.15, 0.2) is 5.96 Å². The lowest BCUT2D eigenvalue weighted by Gasteiger charge is -2.22. The van der Waals surface area contributed by atoms with Crippen LogP contribution >= 0.6 is 0 Å². The van der Waals surface area contributed by atoms with E-state index in [0.29, 0.717) is 0 Å². The van der Waals surface area contributed by atoms with Gasteiger partial charge in [0.05, 0.1) is 13.7 Å². The predicted molar refractivity (Wildman–Crippen MR) is 104 cm³/mol. The molecule has 2 aromatic rings. The molecule has 2 rings (SSSR count). The Morgan fingerprint density at radius 1 is 1.32 bits per heavy atom. The third kappa shape index (κ3) is 5.28. The molecular formula is C20H30N4O. The molecule has 0 aliphatic rings. The molecule has 0 spiro atoms. The van der Waals surface area contributed by atoms with Crippen molar-refractivity contribution < 1.29 is 4.74 Å². The van der Waals surface area contributed by atoms with Crippen molar-refractivity contribution in [1.29, 1.82) is 0 Å². The summed E-state index contributed by atoms with van der Waals surface area (Å²) in [5.74, 6) is 1.86. The molecule has 0 amide bonds. The van der Waals surface area contributed by atoms with Gasteiger partial charge in [-0.2, -0.15) is 0 Å². The number of ether oxygens (including phenoxy) is 1. The number of benzene rings is 1. The lowest BCUT2D eigenvalue weighted by Crippen LogP contribution is -2.39. The van der Waals surface area contributed by atoms with Crippen LogP contribution in [-0.4, -0.2) is 42.7 Å². The molecule has 0 fully saturated rings. The molecule has 1 aromatic heterocycles. The topological polar surface area (TPSA) is 41.8 Å². The van der Waals surface area contributed by atoms with Crippen molar-refractivity contribution in [2.75, 3.05) is 27.2 Å². The lowest BCUT2D eigenvalue weighted by molar-refractivity contribution is 0.409. The van der Waals surface area contributed by atoms with Crippen LogP contribution < -0.4 is 10.1 Å². The highest BCUT2D eigenvalue weighted by Crippen LogP contribution is 2.20. The van der Waals surface area contributed by atoms with Gasteiger partial charge < -0.3 is 19.5 Å².